The summed E-state index contributed by atoms with van der Waals surface area (Å²) in [7, 11) is 1.13. The molecule has 0 aromatic heterocycles. The number of ether oxygens (including phenoxy) is 1. The number of aryl methyl sites for hydroxylation is 1. The molecule has 0 unspecified atom stereocenters. The van der Waals surface area contributed by atoms with Crippen LogP contribution in [0.2, 0.25) is 0 Å². The van der Waals surface area contributed by atoms with Gasteiger partial charge in [-0.1, -0.05) is 18.2 Å². The topological polar surface area (TPSA) is 70.7 Å². The molecule has 0 spiro atoms. The highest BCUT2D eigenvalue weighted by Gasteiger charge is 2.20. The summed E-state index contributed by atoms with van der Waals surface area (Å²) in [4.78, 5) is 0.255. The number of benzene rings is 2. The first-order chi connectivity index (χ1) is 12.2. The zero-order valence-corrected chi connectivity index (χ0v) is 16.9. The fourth-order valence-electron chi connectivity index (χ4n) is 2.25. The van der Waals surface area contributed by atoms with E-state index < -0.39 is 10.0 Å². The Bertz CT molecular complexity index is 879. The summed E-state index contributed by atoms with van der Waals surface area (Å²) in [6.45, 7) is 2.31. The maximum absolute atomic E-state index is 12.4. The van der Waals surface area contributed by atoms with Crippen molar-refractivity contribution in [2.75, 3.05) is 26.5 Å². The molecule has 0 aliphatic rings. The molecule has 140 valence electrons. The monoisotopic (exact) mass is 393 g/mol. The third kappa shape index (κ3) is 4.94. The molecule has 0 fully saturated rings. The van der Waals surface area contributed by atoms with Gasteiger partial charge in [-0.2, -0.15) is 0 Å². The minimum Gasteiger partial charge on any atom is -0.497 e. The molecule has 0 amide bonds. The summed E-state index contributed by atoms with van der Waals surface area (Å²) >= 11 is 5.30. The molecule has 8 heteroatoms. The third-order valence-corrected chi connectivity index (χ3v) is 6.02. The quantitative estimate of drug-likeness (QED) is 0.736. The molecule has 0 bridgehead atoms. The summed E-state index contributed by atoms with van der Waals surface area (Å²) < 4.78 is 31.1. The zero-order chi connectivity index (χ0) is 19.3. The lowest BCUT2D eigenvalue weighted by atomic mass is 10.2. The van der Waals surface area contributed by atoms with Crippen molar-refractivity contribution in [3.8, 4) is 5.75 Å². The van der Waals surface area contributed by atoms with Gasteiger partial charge in [0, 0.05) is 26.3 Å². The average molecular weight is 394 g/mol. The van der Waals surface area contributed by atoms with Gasteiger partial charge in [0.1, 0.15) is 5.75 Å². The average Bonchev–Trinajstić information content (AvgIpc) is 2.61. The third-order valence-electron chi connectivity index (χ3n) is 3.82. The summed E-state index contributed by atoms with van der Waals surface area (Å²) in [5.74, 6) is 0.795. The highest BCUT2D eigenvalue weighted by atomic mass is 32.2. The maximum Gasteiger partial charge on any atom is 0.242 e. The number of nitrogens with zero attached hydrogens (tertiary/aromatic N) is 1. The lowest BCUT2D eigenvalue weighted by Gasteiger charge is -2.16. The molecule has 0 radical (unpaired) electrons. The van der Waals surface area contributed by atoms with Crippen LogP contribution >= 0.6 is 12.2 Å². The second-order valence-corrected chi connectivity index (χ2v) is 8.45. The molecular formula is C18H23N3O3S2. The molecular weight excluding hydrogens is 370 g/mol. The molecule has 26 heavy (non-hydrogen) atoms. The molecule has 0 saturated heterocycles. The number of hydrogen-bond acceptors (Lipinski definition) is 4. The van der Waals surface area contributed by atoms with E-state index in [1.54, 1.807) is 32.2 Å². The Labute approximate surface area is 160 Å². The Balaban J connectivity index is 2.04. The van der Waals surface area contributed by atoms with E-state index in [9.17, 15) is 8.42 Å². The van der Waals surface area contributed by atoms with Crippen LogP contribution < -0.4 is 15.4 Å². The van der Waals surface area contributed by atoms with Gasteiger partial charge < -0.3 is 15.4 Å². The Kier molecular flexibility index (Phi) is 6.57. The van der Waals surface area contributed by atoms with Gasteiger partial charge in [0.25, 0.3) is 0 Å². The van der Waals surface area contributed by atoms with E-state index in [1.807, 2.05) is 24.3 Å². The number of nitrogens with one attached hydrogen (secondary N) is 2. The molecule has 0 aliphatic heterocycles. The second kappa shape index (κ2) is 8.48. The molecule has 2 rings (SSSR count). The van der Waals surface area contributed by atoms with Crippen LogP contribution in [0.5, 0.6) is 5.75 Å². The van der Waals surface area contributed by atoms with Crippen LogP contribution in [0.25, 0.3) is 0 Å². The molecule has 2 N–H and O–H groups in total. The number of hydrogen-bond donors (Lipinski definition) is 2. The number of rotatable bonds is 6. The molecule has 6 nitrogen and oxygen atoms in total. The number of anilines is 1. The number of sulfonamides is 1. The van der Waals surface area contributed by atoms with Gasteiger partial charge >= 0.3 is 0 Å². The molecule has 2 aromatic carbocycles. The predicted octanol–water partition coefficient (Wildman–Crippen LogP) is 2.74. The Hall–Kier alpha value is -2.16. The van der Waals surface area contributed by atoms with Crippen LogP contribution in [0.15, 0.2) is 47.4 Å². The van der Waals surface area contributed by atoms with Gasteiger partial charge in [-0.3, -0.25) is 0 Å². The van der Waals surface area contributed by atoms with E-state index in [-0.39, 0.29) is 4.90 Å². The van der Waals surface area contributed by atoms with Crippen molar-refractivity contribution in [3.05, 3.63) is 53.6 Å². The van der Waals surface area contributed by atoms with E-state index in [2.05, 4.69) is 10.6 Å². The molecule has 0 saturated carbocycles. The number of thiocarbonyl (C=S) groups is 1. The first kappa shape index (κ1) is 20.2. The Morgan fingerprint density at radius 2 is 1.81 bits per heavy atom. The summed E-state index contributed by atoms with van der Waals surface area (Å²) in [6.07, 6.45) is 0. The van der Waals surface area contributed by atoms with Gasteiger partial charge in [-0.25, -0.2) is 12.7 Å². The minimum atomic E-state index is -3.51. The lowest BCUT2D eigenvalue weighted by molar-refractivity contribution is 0.414. The highest BCUT2D eigenvalue weighted by molar-refractivity contribution is 7.89. The highest BCUT2D eigenvalue weighted by Crippen LogP contribution is 2.22. The molecule has 0 heterocycles. The van der Waals surface area contributed by atoms with Gasteiger partial charge in [-0.15, -0.1) is 0 Å². The van der Waals surface area contributed by atoms with Crippen LogP contribution in [0.4, 0.5) is 5.69 Å². The SMILES string of the molecule is COc1ccc(CNC(=S)Nc2ccc(C)c(S(=O)(=O)N(C)C)c2)cc1. The van der Waals surface area contributed by atoms with Crippen molar-refractivity contribution in [3.63, 3.8) is 0 Å². The van der Waals surface area contributed by atoms with E-state index in [4.69, 9.17) is 17.0 Å². The fourth-order valence-corrected chi connectivity index (χ4v) is 3.59. The van der Waals surface area contributed by atoms with Gasteiger partial charge in [0.05, 0.1) is 12.0 Å². The van der Waals surface area contributed by atoms with Crippen molar-refractivity contribution < 1.29 is 13.2 Å². The Morgan fingerprint density at radius 3 is 2.38 bits per heavy atom. The van der Waals surface area contributed by atoms with E-state index in [0.717, 1.165) is 11.3 Å². The maximum atomic E-state index is 12.4. The standard InChI is InChI=1S/C18H23N3O3S2/c1-13-5-8-15(11-17(13)26(22,23)21(2)3)20-18(25)19-12-14-6-9-16(24-4)10-7-14/h5-11H,12H2,1-4H3,(H2,19,20,25). The van der Waals surface area contributed by atoms with Gasteiger partial charge in [-0.05, 0) is 54.5 Å². The summed E-state index contributed by atoms with van der Waals surface area (Å²) in [5, 5.41) is 6.54. The first-order valence-corrected chi connectivity index (χ1v) is 9.80. The van der Waals surface area contributed by atoms with Crippen molar-refractivity contribution in [1.29, 1.82) is 0 Å². The van der Waals surface area contributed by atoms with E-state index >= 15 is 0 Å². The van der Waals surface area contributed by atoms with Crippen molar-refractivity contribution in [1.82, 2.24) is 9.62 Å². The van der Waals surface area contributed by atoms with Crippen LogP contribution in [0.1, 0.15) is 11.1 Å². The summed E-state index contributed by atoms with van der Waals surface area (Å²) in [6, 6.07) is 12.8. The lowest BCUT2D eigenvalue weighted by Crippen LogP contribution is -2.28. The molecule has 0 atom stereocenters. The largest absolute Gasteiger partial charge is 0.497 e. The van der Waals surface area contributed by atoms with Crippen LogP contribution in [0, 0.1) is 6.92 Å². The number of methoxy groups -OCH3 is 1. The van der Waals surface area contributed by atoms with Crippen LogP contribution in [0.3, 0.4) is 0 Å². The van der Waals surface area contributed by atoms with Gasteiger partial charge in [0.2, 0.25) is 10.0 Å². The fraction of sp³-hybridized carbons (Fsp3) is 0.278. The first-order valence-electron chi connectivity index (χ1n) is 7.95. The Morgan fingerprint density at radius 1 is 1.15 bits per heavy atom. The molecule has 2 aromatic rings. The van der Waals surface area contributed by atoms with Crippen LogP contribution in [-0.4, -0.2) is 39.0 Å². The van der Waals surface area contributed by atoms with E-state index in [0.29, 0.717) is 22.9 Å². The smallest absolute Gasteiger partial charge is 0.242 e. The van der Waals surface area contributed by atoms with Crippen molar-refractivity contribution >= 4 is 33.0 Å². The van der Waals surface area contributed by atoms with Crippen LogP contribution in [-0.2, 0) is 16.6 Å². The second-order valence-electron chi connectivity index (χ2n) is 5.92. The predicted molar refractivity (Wildman–Crippen MR) is 108 cm³/mol. The normalized spacial score (nSPS) is 11.3. The van der Waals surface area contributed by atoms with Crippen molar-refractivity contribution in [2.24, 2.45) is 0 Å². The minimum absolute atomic E-state index is 0.255. The molecule has 0 aliphatic carbocycles. The summed E-state index contributed by atoms with van der Waals surface area (Å²) in [5.41, 5.74) is 2.35. The van der Waals surface area contributed by atoms with Crippen molar-refractivity contribution in [2.45, 2.75) is 18.4 Å². The van der Waals surface area contributed by atoms with E-state index in [1.165, 1.54) is 18.4 Å². The van der Waals surface area contributed by atoms with Gasteiger partial charge in [0.15, 0.2) is 5.11 Å². The zero-order valence-electron chi connectivity index (χ0n) is 15.2.